The van der Waals surface area contributed by atoms with E-state index >= 15 is 0 Å². The minimum absolute atomic E-state index is 0.979. The minimum Gasteiger partial charge on any atom is -0.244 e. The molecule has 0 aliphatic heterocycles. The first-order valence-electron chi connectivity index (χ1n) is 3.97. The first-order chi connectivity index (χ1) is 5.88. The molecular weight excluding hydrogens is 148 g/mol. The van der Waals surface area contributed by atoms with Gasteiger partial charge in [0.25, 0.3) is 0 Å². The van der Waals surface area contributed by atoms with Crippen molar-refractivity contribution in [2.24, 2.45) is 0 Å². The Balaban J connectivity index is 3.37. The summed E-state index contributed by atoms with van der Waals surface area (Å²) >= 11 is 0. The molecular formula is C10H12N2. The number of allylic oxidation sites excluding steroid dienone is 1. The quantitative estimate of drug-likeness (QED) is 0.634. The molecule has 0 atom stereocenters. The van der Waals surface area contributed by atoms with Gasteiger partial charge >= 0.3 is 0 Å². The Hall–Kier alpha value is -1.44. The van der Waals surface area contributed by atoms with Crippen LogP contribution in [0.25, 0.3) is 12.2 Å². The molecule has 2 heteroatoms. The SMILES string of the molecule is C=C/C=c1/cncn/c1=C/CC. The molecule has 12 heavy (non-hydrogen) atoms. The average Bonchev–Trinajstić information content (AvgIpc) is 2.09. The second-order valence-corrected chi connectivity index (χ2v) is 2.38. The molecule has 0 N–H and O–H groups in total. The van der Waals surface area contributed by atoms with Crippen LogP contribution in [0.5, 0.6) is 0 Å². The zero-order valence-electron chi connectivity index (χ0n) is 7.20. The van der Waals surface area contributed by atoms with Crippen LogP contribution >= 0.6 is 0 Å². The molecule has 0 spiro atoms. The van der Waals surface area contributed by atoms with Crippen LogP contribution < -0.4 is 10.6 Å². The number of aromatic nitrogens is 2. The molecule has 0 amide bonds. The summed E-state index contributed by atoms with van der Waals surface area (Å²) in [4.78, 5) is 8.08. The topological polar surface area (TPSA) is 25.8 Å². The third kappa shape index (κ3) is 2.02. The van der Waals surface area contributed by atoms with Crippen molar-refractivity contribution in [3.63, 3.8) is 0 Å². The van der Waals surface area contributed by atoms with Crippen molar-refractivity contribution in [3.05, 3.63) is 35.7 Å². The molecule has 0 aromatic carbocycles. The summed E-state index contributed by atoms with van der Waals surface area (Å²) < 4.78 is 0. The molecule has 1 aromatic rings. The second-order valence-electron chi connectivity index (χ2n) is 2.38. The van der Waals surface area contributed by atoms with Gasteiger partial charge in [-0.15, -0.1) is 0 Å². The predicted octanol–water partition coefficient (Wildman–Crippen LogP) is 0.634. The number of hydrogen-bond donors (Lipinski definition) is 0. The van der Waals surface area contributed by atoms with Crippen LogP contribution in [0.2, 0.25) is 0 Å². The molecule has 1 rings (SSSR count). The molecule has 62 valence electrons. The summed E-state index contributed by atoms with van der Waals surface area (Å²) in [6, 6.07) is 0. The monoisotopic (exact) mass is 160 g/mol. The van der Waals surface area contributed by atoms with Gasteiger partial charge in [-0.2, -0.15) is 0 Å². The van der Waals surface area contributed by atoms with Crippen LogP contribution in [0.15, 0.2) is 25.2 Å². The maximum Gasteiger partial charge on any atom is 0.116 e. The zero-order chi connectivity index (χ0) is 8.81. The average molecular weight is 160 g/mol. The third-order valence-electron chi connectivity index (χ3n) is 1.47. The molecule has 2 nitrogen and oxygen atoms in total. The van der Waals surface area contributed by atoms with E-state index < -0.39 is 0 Å². The summed E-state index contributed by atoms with van der Waals surface area (Å²) in [7, 11) is 0. The van der Waals surface area contributed by atoms with Crippen molar-refractivity contribution >= 4 is 12.2 Å². The van der Waals surface area contributed by atoms with Gasteiger partial charge < -0.3 is 0 Å². The maximum atomic E-state index is 4.14. The van der Waals surface area contributed by atoms with E-state index in [0.29, 0.717) is 0 Å². The van der Waals surface area contributed by atoms with Gasteiger partial charge in [-0.25, -0.2) is 9.97 Å². The van der Waals surface area contributed by atoms with Gasteiger partial charge in [0.05, 0.1) is 5.35 Å². The molecule has 0 bridgehead atoms. The van der Waals surface area contributed by atoms with Gasteiger partial charge in [-0.3, -0.25) is 0 Å². The van der Waals surface area contributed by atoms with Crippen LogP contribution in [-0.4, -0.2) is 9.97 Å². The van der Waals surface area contributed by atoms with Crippen molar-refractivity contribution in [2.75, 3.05) is 0 Å². The van der Waals surface area contributed by atoms with Crippen molar-refractivity contribution in [1.82, 2.24) is 9.97 Å². The first kappa shape index (κ1) is 8.65. The molecule has 0 unspecified atom stereocenters. The summed E-state index contributed by atoms with van der Waals surface area (Å²) in [5.74, 6) is 0. The van der Waals surface area contributed by atoms with E-state index in [9.17, 15) is 0 Å². The van der Waals surface area contributed by atoms with Crippen LogP contribution in [0.3, 0.4) is 0 Å². The van der Waals surface area contributed by atoms with E-state index in [1.807, 2.05) is 6.08 Å². The van der Waals surface area contributed by atoms with Crippen molar-refractivity contribution in [1.29, 1.82) is 0 Å². The molecule has 0 saturated heterocycles. The van der Waals surface area contributed by atoms with Crippen molar-refractivity contribution < 1.29 is 0 Å². The standard InChI is InChI=1S/C10H12N2/c1-3-5-9-7-11-8-12-10(9)6-4-2/h3,5-8H,1,4H2,2H3/b9-5-,10-6+. The fourth-order valence-corrected chi connectivity index (χ4v) is 0.969. The van der Waals surface area contributed by atoms with E-state index in [-0.39, 0.29) is 0 Å². The lowest BCUT2D eigenvalue weighted by Gasteiger charge is -1.86. The van der Waals surface area contributed by atoms with Gasteiger partial charge in [0.15, 0.2) is 0 Å². The van der Waals surface area contributed by atoms with Gasteiger partial charge in [0.2, 0.25) is 0 Å². The Morgan fingerprint density at radius 3 is 3.08 bits per heavy atom. The van der Waals surface area contributed by atoms with Crippen molar-refractivity contribution in [3.8, 4) is 0 Å². The van der Waals surface area contributed by atoms with E-state index in [1.54, 1.807) is 18.6 Å². The Bertz CT molecular complexity index is 366. The molecule has 0 fully saturated rings. The van der Waals surface area contributed by atoms with Gasteiger partial charge in [-0.05, 0) is 6.42 Å². The lowest BCUT2D eigenvalue weighted by Crippen LogP contribution is -2.27. The molecule has 0 aliphatic carbocycles. The molecule has 0 radical (unpaired) electrons. The van der Waals surface area contributed by atoms with Crippen LogP contribution in [0.1, 0.15) is 13.3 Å². The Kier molecular flexibility index (Phi) is 3.20. The molecule has 1 heterocycles. The smallest absolute Gasteiger partial charge is 0.116 e. The lowest BCUT2D eigenvalue weighted by atomic mass is 10.3. The highest BCUT2D eigenvalue weighted by molar-refractivity contribution is 5.35. The molecule has 1 aromatic heterocycles. The Morgan fingerprint density at radius 1 is 1.58 bits per heavy atom. The second kappa shape index (κ2) is 4.44. The summed E-state index contributed by atoms with van der Waals surface area (Å²) in [6.07, 6.45) is 10.0. The highest BCUT2D eigenvalue weighted by atomic mass is 14.8. The van der Waals surface area contributed by atoms with E-state index in [4.69, 9.17) is 0 Å². The first-order valence-corrected chi connectivity index (χ1v) is 3.97. The van der Waals surface area contributed by atoms with Crippen molar-refractivity contribution in [2.45, 2.75) is 13.3 Å². The highest BCUT2D eigenvalue weighted by Crippen LogP contribution is 1.72. The maximum absolute atomic E-state index is 4.14. The van der Waals surface area contributed by atoms with E-state index in [1.165, 1.54) is 0 Å². The van der Waals surface area contributed by atoms with Gasteiger partial charge in [0, 0.05) is 11.4 Å². The van der Waals surface area contributed by atoms with Gasteiger partial charge in [-0.1, -0.05) is 31.7 Å². The van der Waals surface area contributed by atoms with E-state index in [0.717, 1.165) is 17.0 Å². The zero-order valence-corrected chi connectivity index (χ0v) is 7.20. The van der Waals surface area contributed by atoms with Crippen LogP contribution in [0, 0.1) is 0 Å². The highest BCUT2D eigenvalue weighted by Gasteiger charge is 1.82. The lowest BCUT2D eigenvalue weighted by molar-refractivity contribution is 1.09. The van der Waals surface area contributed by atoms with Crippen LogP contribution in [0.4, 0.5) is 0 Å². The van der Waals surface area contributed by atoms with Crippen LogP contribution in [-0.2, 0) is 0 Å². The minimum atomic E-state index is 0.979. The Morgan fingerprint density at radius 2 is 2.42 bits per heavy atom. The number of hydrogen-bond acceptors (Lipinski definition) is 2. The normalized spacial score (nSPS) is 13.4. The largest absolute Gasteiger partial charge is 0.244 e. The van der Waals surface area contributed by atoms with E-state index in [2.05, 4.69) is 29.5 Å². The molecule has 0 saturated carbocycles. The fraction of sp³-hybridized carbons (Fsp3) is 0.200. The molecule has 0 aliphatic rings. The van der Waals surface area contributed by atoms with Gasteiger partial charge in [0.1, 0.15) is 6.33 Å². The Labute approximate surface area is 72.0 Å². The summed E-state index contributed by atoms with van der Waals surface area (Å²) in [6.45, 7) is 5.72. The predicted molar refractivity (Wildman–Crippen MR) is 50.7 cm³/mol. The summed E-state index contributed by atoms with van der Waals surface area (Å²) in [5.41, 5.74) is 0. The number of rotatable bonds is 2. The third-order valence-corrected chi connectivity index (χ3v) is 1.47. The summed E-state index contributed by atoms with van der Waals surface area (Å²) in [5, 5.41) is 2.00. The fourth-order valence-electron chi connectivity index (χ4n) is 0.969. The number of nitrogens with zero attached hydrogens (tertiary/aromatic N) is 2.